The molecule has 0 amide bonds. The Labute approximate surface area is 352 Å². The second-order valence-corrected chi connectivity index (χ2v) is 18.4. The third-order valence-corrected chi connectivity index (χ3v) is 13.3. The topological polar surface area (TPSA) is 46.9 Å². The maximum atomic E-state index is 11.3. The molecular formula is C50H44N2O3S3. The van der Waals surface area contributed by atoms with E-state index in [0.717, 1.165) is 53.7 Å². The normalized spacial score (nSPS) is 15.5. The first-order valence-corrected chi connectivity index (χ1v) is 21.8. The molecule has 0 atom stereocenters. The summed E-state index contributed by atoms with van der Waals surface area (Å²) in [6.07, 6.45) is 9.26. The van der Waals surface area contributed by atoms with Crippen molar-refractivity contribution in [2.45, 2.75) is 44.6 Å². The Kier molecular flexibility index (Phi) is 10.8. The molecule has 0 saturated heterocycles. The van der Waals surface area contributed by atoms with Crippen molar-refractivity contribution < 1.29 is 14.6 Å². The maximum Gasteiger partial charge on any atom is 0.211 e. The number of aromatic nitrogens is 1. The third-order valence-electron chi connectivity index (χ3n) is 10.8. The number of aromatic hydroxyl groups is 1. The van der Waals surface area contributed by atoms with E-state index in [-0.39, 0.29) is 11.3 Å². The van der Waals surface area contributed by atoms with E-state index in [1.807, 2.05) is 42.1 Å². The van der Waals surface area contributed by atoms with Gasteiger partial charge in [-0.25, -0.2) is 0 Å². The molecule has 290 valence electrons. The molecule has 58 heavy (non-hydrogen) atoms. The predicted octanol–water partition coefficient (Wildman–Crippen LogP) is 13.7. The number of allylic oxidation sites excluding steroid dienone is 4. The number of anilines is 1. The van der Waals surface area contributed by atoms with Gasteiger partial charge in [-0.15, -0.1) is 17.1 Å². The van der Waals surface area contributed by atoms with Gasteiger partial charge in [-0.1, -0.05) is 123 Å². The van der Waals surface area contributed by atoms with Crippen molar-refractivity contribution in [3.8, 4) is 17.4 Å². The zero-order chi connectivity index (χ0) is 39.6. The van der Waals surface area contributed by atoms with Gasteiger partial charge in [0.1, 0.15) is 18.1 Å². The Balaban J connectivity index is 0.947. The summed E-state index contributed by atoms with van der Waals surface area (Å²) >= 11 is 8.95. The number of hydrogen-bond donors (Lipinski definition) is 1. The minimum Gasteiger partial charge on any atom is -0.494 e. The number of rotatable bonds is 11. The van der Waals surface area contributed by atoms with Crippen LogP contribution in [0.3, 0.4) is 0 Å². The van der Waals surface area contributed by atoms with Crippen molar-refractivity contribution in [2.75, 3.05) is 24.7 Å². The zero-order valence-corrected chi connectivity index (χ0v) is 35.1. The summed E-state index contributed by atoms with van der Waals surface area (Å²) in [5, 5.41) is 19.6. The lowest BCUT2D eigenvalue weighted by atomic mass is 9.75. The fourth-order valence-corrected chi connectivity index (χ4v) is 10.6. The smallest absolute Gasteiger partial charge is 0.211 e. The van der Waals surface area contributed by atoms with Gasteiger partial charge >= 0.3 is 0 Å². The maximum absolute atomic E-state index is 11.3. The Morgan fingerprint density at radius 1 is 0.776 bits per heavy atom. The van der Waals surface area contributed by atoms with E-state index in [4.69, 9.17) is 21.7 Å². The number of ether oxygens (including phenoxy) is 2. The number of nitrogens with zero attached hydrogens (tertiary/aromatic N) is 2. The number of fused-ring (bicyclic) bond motifs is 5. The second kappa shape index (κ2) is 16.4. The summed E-state index contributed by atoms with van der Waals surface area (Å²) in [5.74, 6) is 1.88. The summed E-state index contributed by atoms with van der Waals surface area (Å²) < 4.78 is 14.8. The van der Waals surface area contributed by atoms with Gasteiger partial charge in [0, 0.05) is 22.9 Å². The fraction of sp³-hybridized carbons (Fsp3) is 0.200. The van der Waals surface area contributed by atoms with Crippen molar-refractivity contribution >= 4 is 79.4 Å². The zero-order valence-electron chi connectivity index (χ0n) is 32.6. The minimum absolute atomic E-state index is 0.0399. The van der Waals surface area contributed by atoms with Crippen LogP contribution in [-0.2, 0) is 6.54 Å². The molecule has 9 rings (SSSR count). The highest BCUT2D eigenvalue weighted by Crippen LogP contribution is 2.51. The number of thioether (sulfide) groups is 1. The molecule has 0 bridgehead atoms. The average Bonchev–Trinajstić information content (AvgIpc) is 3.72. The van der Waals surface area contributed by atoms with E-state index in [1.165, 1.54) is 54.1 Å². The van der Waals surface area contributed by atoms with Crippen molar-refractivity contribution in [1.29, 1.82) is 0 Å². The molecule has 8 heteroatoms. The number of benzene rings is 6. The Morgan fingerprint density at radius 2 is 1.50 bits per heavy atom. The largest absolute Gasteiger partial charge is 0.494 e. The first kappa shape index (κ1) is 38.0. The average molecular weight is 817 g/mol. The highest BCUT2D eigenvalue weighted by atomic mass is 32.2. The van der Waals surface area contributed by atoms with Crippen LogP contribution in [0.25, 0.3) is 38.4 Å². The van der Waals surface area contributed by atoms with Crippen LogP contribution in [0.4, 0.5) is 5.69 Å². The van der Waals surface area contributed by atoms with Crippen molar-refractivity contribution in [2.24, 2.45) is 5.41 Å². The van der Waals surface area contributed by atoms with Gasteiger partial charge in [0.15, 0.2) is 3.95 Å². The molecule has 1 aliphatic carbocycles. The highest BCUT2D eigenvalue weighted by molar-refractivity contribution is 8.04. The fourth-order valence-electron chi connectivity index (χ4n) is 8.07. The van der Waals surface area contributed by atoms with Crippen molar-refractivity contribution in [1.82, 2.24) is 4.57 Å². The van der Waals surface area contributed by atoms with E-state index in [0.29, 0.717) is 28.6 Å². The molecule has 0 spiro atoms. The quantitative estimate of drug-likeness (QED) is 0.0797. The molecule has 6 aromatic carbocycles. The molecule has 0 unspecified atom stereocenters. The summed E-state index contributed by atoms with van der Waals surface area (Å²) in [7, 11) is 0. The van der Waals surface area contributed by atoms with Crippen LogP contribution in [0.1, 0.15) is 38.0 Å². The lowest BCUT2D eigenvalue weighted by molar-refractivity contribution is 0.290. The first-order valence-electron chi connectivity index (χ1n) is 19.8. The van der Waals surface area contributed by atoms with Crippen LogP contribution < -0.4 is 14.4 Å². The van der Waals surface area contributed by atoms with Crippen LogP contribution in [0.15, 0.2) is 160 Å². The van der Waals surface area contributed by atoms with Crippen LogP contribution in [0.5, 0.6) is 17.4 Å². The van der Waals surface area contributed by atoms with Crippen molar-refractivity contribution in [3.05, 3.63) is 164 Å². The number of thiazole rings is 1. The van der Waals surface area contributed by atoms with E-state index in [2.05, 4.69) is 134 Å². The van der Waals surface area contributed by atoms with Crippen LogP contribution >= 0.6 is 35.3 Å². The highest BCUT2D eigenvalue weighted by Gasteiger charge is 2.30. The molecular weight excluding hydrogens is 773 g/mol. The van der Waals surface area contributed by atoms with Gasteiger partial charge in [-0.2, -0.15) is 0 Å². The molecule has 2 heterocycles. The van der Waals surface area contributed by atoms with Crippen LogP contribution in [0, 0.1) is 9.37 Å². The molecule has 1 aliphatic heterocycles. The summed E-state index contributed by atoms with van der Waals surface area (Å²) in [4.78, 5) is 4.47. The lowest BCUT2D eigenvalue weighted by Gasteiger charge is -2.30. The number of hydrogen-bond acceptors (Lipinski definition) is 7. The van der Waals surface area contributed by atoms with Crippen LogP contribution in [0.2, 0.25) is 0 Å². The summed E-state index contributed by atoms with van der Waals surface area (Å²) in [6.45, 7) is 6.94. The van der Waals surface area contributed by atoms with E-state index in [9.17, 15) is 5.11 Å². The summed E-state index contributed by atoms with van der Waals surface area (Å²) in [6, 6.07) is 42.1. The molecule has 1 N–H and O–H groups in total. The molecule has 2 aliphatic rings. The first-order chi connectivity index (χ1) is 28.3. The van der Waals surface area contributed by atoms with E-state index in [1.54, 1.807) is 4.57 Å². The van der Waals surface area contributed by atoms with Gasteiger partial charge in [0.25, 0.3) is 0 Å². The van der Waals surface area contributed by atoms with E-state index < -0.39 is 0 Å². The summed E-state index contributed by atoms with van der Waals surface area (Å²) in [5.41, 5.74) is 7.22. The van der Waals surface area contributed by atoms with Gasteiger partial charge in [-0.05, 0) is 111 Å². The standard InChI is InChI=1S/C50H44N2O3S3/c1-50(2)32-34(19-24-45-48(53)52(49(56)57-45)26-28-55-44-18-9-15-37-12-5-7-16-41(37)44)29-35(33-50)30-46-51(43-23-21-38-13-6-8-17-42(38)47(43)58-46)25-10-27-54-40-22-20-36-11-3-4-14-39(36)31-40/h3-9,11-18,20-24,29-31,53H,10,25-28,32-33H2,1-2H3. The Bertz CT molecular complexity index is 2870. The molecule has 1 aromatic heterocycles. The van der Waals surface area contributed by atoms with Crippen molar-refractivity contribution in [3.63, 3.8) is 0 Å². The van der Waals surface area contributed by atoms with Gasteiger partial charge < -0.3 is 19.5 Å². The monoisotopic (exact) mass is 816 g/mol. The van der Waals surface area contributed by atoms with Gasteiger partial charge in [0.2, 0.25) is 5.88 Å². The van der Waals surface area contributed by atoms with E-state index >= 15 is 0 Å². The molecule has 0 fully saturated rings. The SMILES string of the molecule is CC1(C)CC(=C=Cc2sc(=S)n(CCOc3cccc4ccccc34)c2O)C=C(C=C2Sc3c(ccc4ccccc34)N2CCCOc2ccc3ccccc3c2)C1. The van der Waals surface area contributed by atoms with Gasteiger partial charge in [0.05, 0.1) is 28.7 Å². The molecule has 0 saturated carbocycles. The molecule has 0 radical (unpaired) electrons. The second-order valence-electron chi connectivity index (χ2n) is 15.7. The Hall–Kier alpha value is -5.50. The molecule has 7 aromatic rings. The predicted molar refractivity (Wildman–Crippen MR) is 246 cm³/mol. The van der Waals surface area contributed by atoms with Crippen LogP contribution in [-0.4, -0.2) is 29.4 Å². The Morgan fingerprint density at radius 3 is 2.34 bits per heavy atom. The molecule has 5 nitrogen and oxygen atoms in total. The minimum atomic E-state index is 0.0399. The lowest BCUT2D eigenvalue weighted by Crippen LogP contribution is -2.22. The third kappa shape index (κ3) is 8.11. The van der Waals surface area contributed by atoms with Gasteiger partial charge in [-0.3, -0.25) is 4.57 Å².